The molecule has 0 saturated carbocycles. The fourth-order valence-corrected chi connectivity index (χ4v) is 0.385. The lowest BCUT2D eigenvalue weighted by Gasteiger charge is -1.69. The van der Waals surface area contributed by atoms with Crippen molar-refractivity contribution < 1.29 is 15.0 Å². The Morgan fingerprint density at radius 3 is 1.00 bits per heavy atom. The summed E-state index contributed by atoms with van der Waals surface area (Å²) < 4.78 is 0. The van der Waals surface area contributed by atoms with Gasteiger partial charge in [0.05, 0.1) is 0 Å². The zero-order chi connectivity index (χ0) is 7.82. The minimum Gasteiger partial charge on any atom is -0.450 e. The van der Waals surface area contributed by atoms with Crippen molar-refractivity contribution in [1.29, 1.82) is 0 Å². The van der Waals surface area contributed by atoms with E-state index >= 15 is 0 Å². The van der Waals surface area contributed by atoms with Gasteiger partial charge in [-0.1, -0.05) is 36.4 Å². The molecule has 0 aliphatic rings. The molecule has 3 heteroatoms. The first-order valence-electron chi connectivity index (χ1n) is 2.65. The molecule has 0 bridgehead atoms. The van der Waals surface area contributed by atoms with Crippen molar-refractivity contribution in [3.05, 3.63) is 36.4 Å². The summed E-state index contributed by atoms with van der Waals surface area (Å²) in [4.78, 5) is 8.56. The molecular formula is C7H8O3. The van der Waals surface area contributed by atoms with Crippen molar-refractivity contribution in [1.82, 2.24) is 0 Å². The lowest BCUT2D eigenvalue weighted by atomic mass is 10.4. The van der Waals surface area contributed by atoms with Gasteiger partial charge in [0, 0.05) is 0 Å². The van der Waals surface area contributed by atoms with Gasteiger partial charge in [-0.2, -0.15) is 0 Å². The fourth-order valence-electron chi connectivity index (χ4n) is 0.385. The number of carbonyl (C=O) groups is 1. The summed E-state index contributed by atoms with van der Waals surface area (Å²) >= 11 is 0. The topological polar surface area (TPSA) is 57.5 Å². The molecule has 0 aliphatic carbocycles. The number of rotatable bonds is 0. The van der Waals surface area contributed by atoms with Crippen LogP contribution in [0.1, 0.15) is 0 Å². The monoisotopic (exact) mass is 140 g/mol. The van der Waals surface area contributed by atoms with Gasteiger partial charge in [0.15, 0.2) is 0 Å². The Kier molecular flexibility index (Phi) is 4.77. The molecule has 2 N–H and O–H groups in total. The maximum Gasteiger partial charge on any atom is 0.503 e. The summed E-state index contributed by atoms with van der Waals surface area (Å²) in [7, 11) is 0. The molecular weight excluding hydrogens is 132 g/mol. The summed E-state index contributed by atoms with van der Waals surface area (Å²) in [5, 5.41) is 13.9. The van der Waals surface area contributed by atoms with Crippen LogP contribution in [-0.2, 0) is 0 Å². The van der Waals surface area contributed by atoms with E-state index < -0.39 is 6.16 Å². The SMILES string of the molecule is O=C(O)O.c1ccccc1. The van der Waals surface area contributed by atoms with Crippen LogP contribution >= 0.6 is 0 Å². The highest BCUT2D eigenvalue weighted by Gasteiger charge is 1.70. The average molecular weight is 140 g/mol. The molecule has 54 valence electrons. The van der Waals surface area contributed by atoms with Crippen molar-refractivity contribution in [2.75, 3.05) is 0 Å². The quantitative estimate of drug-likeness (QED) is 0.578. The van der Waals surface area contributed by atoms with Gasteiger partial charge in [-0.15, -0.1) is 0 Å². The van der Waals surface area contributed by atoms with Crippen molar-refractivity contribution in [2.24, 2.45) is 0 Å². The Balaban J connectivity index is 0.000000180. The van der Waals surface area contributed by atoms with Gasteiger partial charge in [0.25, 0.3) is 0 Å². The van der Waals surface area contributed by atoms with E-state index in [0.29, 0.717) is 0 Å². The fraction of sp³-hybridized carbons (Fsp3) is 0. The van der Waals surface area contributed by atoms with E-state index in [1.54, 1.807) is 0 Å². The van der Waals surface area contributed by atoms with Gasteiger partial charge < -0.3 is 10.2 Å². The normalized spacial score (nSPS) is 7.20. The Morgan fingerprint density at radius 1 is 0.800 bits per heavy atom. The van der Waals surface area contributed by atoms with Crippen LogP contribution in [0.3, 0.4) is 0 Å². The number of hydrogen-bond donors (Lipinski definition) is 2. The van der Waals surface area contributed by atoms with Crippen LogP contribution in [0.5, 0.6) is 0 Å². The van der Waals surface area contributed by atoms with Crippen molar-refractivity contribution in [3.8, 4) is 0 Å². The van der Waals surface area contributed by atoms with Gasteiger partial charge >= 0.3 is 6.16 Å². The standard InChI is InChI=1S/C6H6.CH2O3/c1-2-4-6-5-3-1;2-1(3)4/h1-6H;(H2,2,3,4). The van der Waals surface area contributed by atoms with E-state index in [2.05, 4.69) is 0 Å². The van der Waals surface area contributed by atoms with Crippen LogP contribution in [0.25, 0.3) is 0 Å². The smallest absolute Gasteiger partial charge is 0.450 e. The third-order valence-electron chi connectivity index (χ3n) is 0.667. The van der Waals surface area contributed by atoms with Crippen molar-refractivity contribution >= 4 is 6.16 Å². The van der Waals surface area contributed by atoms with E-state index in [1.807, 2.05) is 36.4 Å². The zero-order valence-corrected chi connectivity index (χ0v) is 5.27. The Hall–Kier alpha value is -1.51. The van der Waals surface area contributed by atoms with Crippen LogP contribution < -0.4 is 0 Å². The van der Waals surface area contributed by atoms with E-state index in [9.17, 15) is 0 Å². The molecule has 0 radical (unpaired) electrons. The lowest BCUT2D eigenvalue weighted by Crippen LogP contribution is -1.81. The third-order valence-corrected chi connectivity index (χ3v) is 0.667. The van der Waals surface area contributed by atoms with Gasteiger partial charge in [0.1, 0.15) is 0 Å². The largest absolute Gasteiger partial charge is 0.503 e. The molecule has 3 nitrogen and oxygen atoms in total. The van der Waals surface area contributed by atoms with Crippen molar-refractivity contribution in [3.63, 3.8) is 0 Å². The molecule has 0 fully saturated rings. The van der Waals surface area contributed by atoms with Crippen LogP contribution in [0.2, 0.25) is 0 Å². The number of benzene rings is 1. The molecule has 0 aromatic heterocycles. The van der Waals surface area contributed by atoms with E-state index in [-0.39, 0.29) is 0 Å². The summed E-state index contributed by atoms with van der Waals surface area (Å²) in [5.41, 5.74) is 0. The van der Waals surface area contributed by atoms with Crippen LogP contribution in [0, 0.1) is 0 Å². The van der Waals surface area contributed by atoms with E-state index in [0.717, 1.165) is 0 Å². The summed E-state index contributed by atoms with van der Waals surface area (Å²) in [6.45, 7) is 0. The first-order chi connectivity index (χ1) is 4.73. The maximum absolute atomic E-state index is 8.56. The molecule has 0 unspecified atom stereocenters. The molecule has 1 aromatic carbocycles. The minimum atomic E-state index is -1.83. The second-order valence-electron chi connectivity index (χ2n) is 1.44. The van der Waals surface area contributed by atoms with Crippen LogP contribution in [0.15, 0.2) is 36.4 Å². The van der Waals surface area contributed by atoms with Crippen LogP contribution in [0.4, 0.5) is 4.79 Å². The van der Waals surface area contributed by atoms with Gasteiger partial charge in [0.2, 0.25) is 0 Å². The van der Waals surface area contributed by atoms with Gasteiger partial charge in [-0.05, 0) is 0 Å². The van der Waals surface area contributed by atoms with E-state index in [1.165, 1.54) is 0 Å². The molecule has 0 saturated heterocycles. The summed E-state index contributed by atoms with van der Waals surface area (Å²) in [6, 6.07) is 12.0. The molecule has 0 aliphatic heterocycles. The second kappa shape index (κ2) is 5.62. The second-order valence-corrected chi connectivity index (χ2v) is 1.44. The highest BCUT2D eigenvalue weighted by atomic mass is 16.6. The predicted octanol–water partition coefficient (Wildman–Crippen LogP) is 1.91. The zero-order valence-electron chi connectivity index (χ0n) is 5.27. The predicted molar refractivity (Wildman–Crippen MR) is 37.1 cm³/mol. The molecule has 0 atom stereocenters. The molecule has 1 rings (SSSR count). The minimum absolute atomic E-state index is 1.83. The molecule has 0 amide bonds. The van der Waals surface area contributed by atoms with Crippen LogP contribution in [-0.4, -0.2) is 16.4 Å². The average Bonchev–Trinajstić information content (AvgIpc) is 1.90. The first kappa shape index (κ1) is 8.49. The highest BCUT2D eigenvalue weighted by molar-refractivity contribution is 5.53. The Morgan fingerprint density at radius 2 is 0.900 bits per heavy atom. The van der Waals surface area contributed by atoms with Crippen molar-refractivity contribution in [2.45, 2.75) is 0 Å². The Bertz CT molecular complexity index is 141. The molecule has 0 spiro atoms. The first-order valence-corrected chi connectivity index (χ1v) is 2.65. The maximum atomic E-state index is 8.56. The van der Waals surface area contributed by atoms with E-state index in [4.69, 9.17) is 15.0 Å². The summed E-state index contributed by atoms with van der Waals surface area (Å²) in [6.07, 6.45) is -1.83. The molecule has 10 heavy (non-hydrogen) atoms. The lowest BCUT2D eigenvalue weighted by molar-refractivity contribution is 0.137. The van der Waals surface area contributed by atoms with Gasteiger partial charge in [-0.3, -0.25) is 0 Å². The molecule has 0 heterocycles. The molecule has 1 aromatic rings. The third kappa shape index (κ3) is 9.70. The summed E-state index contributed by atoms with van der Waals surface area (Å²) in [5.74, 6) is 0. The Labute approximate surface area is 58.6 Å². The number of carboxylic acid groups (broad SMARTS) is 2. The number of hydrogen-bond acceptors (Lipinski definition) is 1. The van der Waals surface area contributed by atoms with Gasteiger partial charge in [-0.25, -0.2) is 4.79 Å². The highest BCUT2D eigenvalue weighted by Crippen LogP contribution is 1.79.